The van der Waals surface area contributed by atoms with Gasteiger partial charge in [-0.2, -0.15) is 0 Å². The van der Waals surface area contributed by atoms with Gasteiger partial charge < -0.3 is 38.1 Å². The minimum atomic E-state index is 0.766. The van der Waals surface area contributed by atoms with Crippen molar-refractivity contribution >= 4 is 0 Å². The minimum Gasteiger partial charge on any atom is -0.330 e. The van der Waals surface area contributed by atoms with Crippen molar-refractivity contribution in [1.82, 2.24) is 15.1 Å². The van der Waals surface area contributed by atoms with Gasteiger partial charge in [0.25, 0.3) is 0 Å². The van der Waals surface area contributed by atoms with Crippen LogP contribution in [0.3, 0.4) is 0 Å². The van der Waals surface area contributed by atoms with Gasteiger partial charge in [0.15, 0.2) is 0 Å². The molecular formula is C18H45N7. The average Bonchev–Trinajstić information content (AvgIpc) is 2.63. The first-order valence-corrected chi connectivity index (χ1v) is 10.2. The summed E-state index contributed by atoms with van der Waals surface area (Å²) in [5.74, 6) is 0. The molecule has 0 aliphatic rings. The van der Waals surface area contributed by atoms with E-state index in [1.807, 2.05) is 0 Å². The summed E-state index contributed by atoms with van der Waals surface area (Å²) in [5, 5.41) is 3.57. The van der Waals surface area contributed by atoms with Crippen molar-refractivity contribution in [3.05, 3.63) is 0 Å². The van der Waals surface area contributed by atoms with Crippen LogP contribution in [0, 0.1) is 0 Å². The Bertz CT molecular complexity index is 214. The van der Waals surface area contributed by atoms with Crippen LogP contribution in [0.4, 0.5) is 0 Å². The molecule has 0 aromatic heterocycles. The Hall–Kier alpha value is -0.280. The Morgan fingerprint density at radius 1 is 0.440 bits per heavy atom. The lowest BCUT2D eigenvalue weighted by Crippen LogP contribution is -2.33. The molecule has 7 nitrogen and oxygen atoms in total. The molecule has 0 spiro atoms. The van der Waals surface area contributed by atoms with E-state index < -0.39 is 0 Å². The maximum atomic E-state index is 5.62. The standard InChI is InChI=1S/C18H45N7/c19-7-1-13-24(14-2-8-20)17-5-11-23-12-6-18-25(15-3-9-21)16-4-10-22/h23H,1-22H2. The molecule has 0 unspecified atom stereocenters. The Balaban J connectivity index is 3.69. The van der Waals surface area contributed by atoms with Crippen LogP contribution in [0.1, 0.15) is 38.5 Å². The van der Waals surface area contributed by atoms with E-state index in [9.17, 15) is 0 Å². The fourth-order valence-corrected chi connectivity index (χ4v) is 2.91. The van der Waals surface area contributed by atoms with Gasteiger partial charge in [-0.1, -0.05) is 0 Å². The van der Waals surface area contributed by atoms with Crippen LogP contribution in [0.25, 0.3) is 0 Å². The van der Waals surface area contributed by atoms with Crippen molar-refractivity contribution < 1.29 is 0 Å². The van der Waals surface area contributed by atoms with Crippen LogP contribution in [0.15, 0.2) is 0 Å². The zero-order valence-corrected chi connectivity index (χ0v) is 16.4. The summed E-state index contributed by atoms with van der Waals surface area (Å²) in [7, 11) is 0. The highest BCUT2D eigenvalue weighted by molar-refractivity contribution is 4.63. The third-order valence-electron chi connectivity index (χ3n) is 4.37. The number of rotatable bonds is 20. The smallest absolute Gasteiger partial charge is 0.000662 e. The monoisotopic (exact) mass is 359 g/mol. The van der Waals surface area contributed by atoms with Gasteiger partial charge in [0.05, 0.1) is 0 Å². The highest BCUT2D eigenvalue weighted by Crippen LogP contribution is 1.97. The van der Waals surface area contributed by atoms with E-state index in [1.54, 1.807) is 0 Å². The van der Waals surface area contributed by atoms with Crippen molar-refractivity contribution in [2.45, 2.75) is 38.5 Å². The quantitative estimate of drug-likeness (QED) is 0.183. The molecule has 0 aromatic carbocycles. The molecule has 9 N–H and O–H groups in total. The molecule has 0 aromatic rings. The van der Waals surface area contributed by atoms with Crippen molar-refractivity contribution in [3.63, 3.8) is 0 Å². The summed E-state index contributed by atoms with van der Waals surface area (Å²) < 4.78 is 0. The van der Waals surface area contributed by atoms with Crippen molar-refractivity contribution in [1.29, 1.82) is 0 Å². The number of nitrogens with two attached hydrogens (primary N) is 4. The Labute approximate surface area is 155 Å². The molecule has 0 saturated heterocycles. The molecule has 0 radical (unpaired) electrons. The fraction of sp³-hybridized carbons (Fsp3) is 1.00. The summed E-state index contributed by atoms with van der Waals surface area (Å²) in [6, 6.07) is 0. The summed E-state index contributed by atoms with van der Waals surface area (Å²) in [4.78, 5) is 4.98. The molecule has 25 heavy (non-hydrogen) atoms. The minimum absolute atomic E-state index is 0.766. The lowest BCUT2D eigenvalue weighted by Gasteiger charge is -2.22. The predicted molar refractivity (Wildman–Crippen MR) is 110 cm³/mol. The van der Waals surface area contributed by atoms with Crippen molar-refractivity contribution in [2.24, 2.45) is 22.9 Å². The first-order chi connectivity index (χ1) is 12.3. The first kappa shape index (κ1) is 24.7. The van der Waals surface area contributed by atoms with E-state index in [-0.39, 0.29) is 0 Å². The van der Waals surface area contributed by atoms with Crippen molar-refractivity contribution in [2.75, 3.05) is 78.5 Å². The van der Waals surface area contributed by atoms with Crippen LogP contribution >= 0.6 is 0 Å². The molecule has 0 atom stereocenters. The van der Waals surface area contributed by atoms with Crippen LogP contribution in [0.5, 0.6) is 0 Å². The Morgan fingerprint density at radius 3 is 1.00 bits per heavy atom. The van der Waals surface area contributed by atoms with Crippen LogP contribution < -0.4 is 28.3 Å². The normalized spacial score (nSPS) is 11.8. The van der Waals surface area contributed by atoms with Crippen LogP contribution in [-0.4, -0.2) is 88.3 Å². The lowest BCUT2D eigenvalue weighted by atomic mass is 10.2. The van der Waals surface area contributed by atoms with E-state index in [4.69, 9.17) is 22.9 Å². The van der Waals surface area contributed by atoms with Gasteiger partial charge in [-0.15, -0.1) is 0 Å². The molecule has 0 heterocycles. The molecule has 0 fully saturated rings. The zero-order valence-electron chi connectivity index (χ0n) is 16.4. The summed E-state index contributed by atoms with van der Waals surface area (Å²) in [5.41, 5.74) is 22.5. The molecule has 0 amide bonds. The van der Waals surface area contributed by atoms with Crippen LogP contribution in [-0.2, 0) is 0 Å². The molecule has 7 heteroatoms. The molecular weight excluding hydrogens is 314 g/mol. The second kappa shape index (κ2) is 20.0. The van der Waals surface area contributed by atoms with E-state index in [2.05, 4.69) is 15.1 Å². The highest BCUT2D eigenvalue weighted by Gasteiger charge is 2.05. The largest absolute Gasteiger partial charge is 0.330 e. The SMILES string of the molecule is NCCCN(CCCN)CCCNCCCN(CCCN)CCCN. The van der Waals surface area contributed by atoms with E-state index >= 15 is 0 Å². The summed E-state index contributed by atoms with van der Waals surface area (Å²) in [6.45, 7) is 11.8. The van der Waals surface area contributed by atoms with E-state index in [0.29, 0.717) is 0 Å². The highest BCUT2D eigenvalue weighted by atomic mass is 15.1. The van der Waals surface area contributed by atoms with E-state index in [1.165, 1.54) is 12.8 Å². The number of nitrogens with zero attached hydrogens (tertiary/aromatic N) is 2. The molecule has 0 rings (SSSR count). The lowest BCUT2D eigenvalue weighted by molar-refractivity contribution is 0.259. The van der Waals surface area contributed by atoms with Crippen molar-refractivity contribution in [3.8, 4) is 0 Å². The third kappa shape index (κ3) is 16.9. The predicted octanol–water partition coefficient (Wildman–Crippen LogP) is -0.645. The van der Waals surface area contributed by atoms with Gasteiger partial charge in [-0.05, 0) is 117 Å². The van der Waals surface area contributed by atoms with Gasteiger partial charge in [-0.3, -0.25) is 0 Å². The second-order valence-corrected chi connectivity index (χ2v) is 6.71. The molecule has 0 aliphatic carbocycles. The number of hydrogen-bond acceptors (Lipinski definition) is 7. The van der Waals surface area contributed by atoms with Crippen LogP contribution in [0.2, 0.25) is 0 Å². The Kier molecular flexibility index (Phi) is 19.8. The number of nitrogens with one attached hydrogen (secondary N) is 1. The average molecular weight is 360 g/mol. The molecule has 152 valence electrons. The maximum Gasteiger partial charge on any atom is -0.000662 e. The van der Waals surface area contributed by atoms with Gasteiger partial charge in [0, 0.05) is 0 Å². The third-order valence-corrected chi connectivity index (χ3v) is 4.37. The zero-order chi connectivity index (χ0) is 18.6. The molecule has 0 bridgehead atoms. The second-order valence-electron chi connectivity index (χ2n) is 6.71. The molecule has 0 aliphatic heterocycles. The Morgan fingerprint density at radius 2 is 0.720 bits per heavy atom. The summed E-state index contributed by atoms with van der Waals surface area (Å²) >= 11 is 0. The van der Waals surface area contributed by atoms with Gasteiger partial charge in [0.2, 0.25) is 0 Å². The molecule has 0 saturated carbocycles. The van der Waals surface area contributed by atoms with E-state index in [0.717, 1.165) is 104 Å². The first-order valence-electron chi connectivity index (χ1n) is 10.2. The van der Waals surface area contributed by atoms with Gasteiger partial charge in [0.1, 0.15) is 0 Å². The van der Waals surface area contributed by atoms with Gasteiger partial charge >= 0.3 is 0 Å². The topological polar surface area (TPSA) is 123 Å². The maximum absolute atomic E-state index is 5.62. The number of hydrogen-bond donors (Lipinski definition) is 5. The summed E-state index contributed by atoms with van der Waals surface area (Å²) in [6.07, 6.45) is 6.64. The fourth-order valence-electron chi connectivity index (χ4n) is 2.91. The van der Waals surface area contributed by atoms with Gasteiger partial charge in [-0.25, -0.2) is 0 Å².